The van der Waals surface area contributed by atoms with Crippen LogP contribution < -0.4 is 0 Å². The van der Waals surface area contributed by atoms with Crippen molar-refractivity contribution in [2.45, 2.75) is 64.4 Å². The Balaban J connectivity index is 1.64. The van der Waals surface area contributed by atoms with Crippen LogP contribution in [0.4, 0.5) is 0 Å². The fourth-order valence-corrected chi connectivity index (χ4v) is 6.91. The molecular formula is C21H28O2. The minimum absolute atomic E-state index is 0.0679. The van der Waals surface area contributed by atoms with Gasteiger partial charge in [0.15, 0.2) is 5.78 Å². The molecule has 7 atom stereocenters. The molecule has 23 heavy (non-hydrogen) atoms. The van der Waals surface area contributed by atoms with Crippen LogP contribution in [0.15, 0.2) is 11.6 Å². The summed E-state index contributed by atoms with van der Waals surface area (Å²) in [4.78, 5) is 11.8. The zero-order chi connectivity index (χ0) is 16.2. The first kappa shape index (κ1) is 15.5. The lowest BCUT2D eigenvalue weighted by molar-refractivity contribution is -0.125. The van der Waals surface area contributed by atoms with Gasteiger partial charge in [0.2, 0.25) is 0 Å². The highest BCUT2D eigenvalue weighted by Gasteiger charge is 2.57. The maximum absolute atomic E-state index is 11.8. The second-order valence-corrected chi connectivity index (χ2v) is 8.37. The van der Waals surface area contributed by atoms with E-state index < -0.39 is 6.10 Å². The number of carbonyl (C=O) groups is 1. The highest BCUT2D eigenvalue weighted by molar-refractivity contribution is 5.95. The highest BCUT2D eigenvalue weighted by Crippen LogP contribution is 2.64. The van der Waals surface area contributed by atoms with Crippen LogP contribution in [-0.2, 0) is 4.79 Å². The van der Waals surface area contributed by atoms with E-state index in [4.69, 9.17) is 6.42 Å². The normalized spacial score (nSPS) is 48.7. The Kier molecular flexibility index (Phi) is 3.69. The van der Waals surface area contributed by atoms with E-state index in [1.807, 2.05) is 0 Å². The number of rotatable bonds is 1. The molecular weight excluding hydrogens is 284 g/mol. The molecule has 0 aliphatic heterocycles. The van der Waals surface area contributed by atoms with Gasteiger partial charge in [-0.2, -0.15) is 0 Å². The first-order chi connectivity index (χ1) is 11.1. The summed E-state index contributed by atoms with van der Waals surface area (Å²) in [6, 6.07) is 0. The van der Waals surface area contributed by atoms with Crippen molar-refractivity contribution >= 4 is 5.78 Å². The largest absolute Gasteiger partial charge is 0.385 e. The number of hydrogen-bond acceptors (Lipinski definition) is 2. The number of fused-ring (bicyclic) bond motifs is 5. The van der Waals surface area contributed by atoms with Gasteiger partial charge in [0.25, 0.3) is 0 Å². The van der Waals surface area contributed by atoms with Crippen molar-refractivity contribution in [2.75, 3.05) is 0 Å². The van der Waals surface area contributed by atoms with Gasteiger partial charge < -0.3 is 5.11 Å². The second kappa shape index (κ2) is 5.49. The number of aliphatic hydroxyl groups excluding tert-OH is 1. The summed E-state index contributed by atoms with van der Waals surface area (Å²) in [5, 5.41) is 10.1. The summed E-state index contributed by atoms with van der Waals surface area (Å²) in [7, 11) is 0. The van der Waals surface area contributed by atoms with E-state index in [0.29, 0.717) is 29.6 Å². The third-order valence-corrected chi connectivity index (χ3v) is 7.96. The molecule has 3 saturated carbocycles. The van der Waals surface area contributed by atoms with Crippen LogP contribution in [-0.4, -0.2) is 17.0 Å². The van der Waals surface area contributed by atoms with Crippen molar-refractivity contribution in [1.29, 1.82) is 0 Å². The Labute approximate surface area is 139 Å². The topological polar surface area (TPSA) is 37.3 Å². The van der Waals surface area contributed by atoms with Crippen LogP contribution >= 0.6 is 0 Å². The smallest absolute Gasteiger partial charge is 0.184 e. The van der Waals surface area contributed by atoms with Crippen LogP contribution in [0.25, 0.3) is 0 Å². The first-order valence-corrected chi connectivity index (χ1v) is 9.49. The number of allylic oxidation sites excluding steroid dienone is 1. The molecule has 0 saturated heterocycles. The Morgan fingerprint density at radius 2 is 2.13 bits per heavy atom. The second-order valence-electron chi connectivity index (χ2n) is 8.37. The SMILES string of the molecule is C#C[C@@H]1CC[C@H]2[C@@H]3CCC4=CC(=O)C(O)C[C@@H]4[C@H]3CC[C@]12CC. The Bertz CT molecular complexity index is 583. The molecule has 0 bridgehead atoms. The van der Waals surface area contributed by atoms with Crippen molar-refractivity contribution < 1.29 is 9.90 Å². The van der Waals surface area contributed by atoms with E-state index in [1.165, 1.54) is 44.1 Å². The van der Waals surface area contributed by atoms with Gasteiger partial charge in [-0.1, -0.05) is 12.5 Å². The van der Waals surface area contributed by atoms with Gasteiger partial charge in [0.05, 0.1) is 0 Å². The van der Waals surface area contributed by atoms with Gasteiger partial charge in [0.1, 0.15) is 6.10 Å². The van der Waals surface area contributed by atoms with E-state index >= 15 is 0 Å². The quantitative estimate of drug-likeness (QED) is 0.749. The van der Waals surface area contributed by atoms with Gasteiger partial charge in [-0.3, -0.25) is 4.79 Å². The molecule has 0 aromatic heterocycles. The van der Waals surface area contributed by atoms with Crippen molar-refractivity contribution in [3.05, 3.63) is 11.6 Å². The fraction of sp³-hybridized carbons (Fsp3) is 0.762. The summed E-state index contributed by atoms with van der Waals surface area (Å²) in [5.74, 6) is 6.15. The molecule has 0 aromatic rings. The molecule has 0 radical (unpaired) electrons. The fourth-order valence-electron chi connectivity index (χ4n) is 6.91. The van der Waals surface area contributed by atoms with Crippen molar-refractivity contribution in [1.82, 2.24) is 0 Å². The molecule has 0 aromatic carbocycles. The molecule has 2 heteroatoms. The Hall–Kier alpha value is -1.07. The summed E-state index contributed by atoms with van der Waals surface area (Å²) in [6.07, 6.45) is 16.0. The molecule has 2 nitrogen and oxygen atoms in total. The van der Waals surface area contributed by atoms with E-state index in [1.54, 1.807) is 6.08 Å². The Morgan fingerprint density at radius 1 is 1.30 bits per heavy atom. The number of hydrogen-bond donors (Lipinski definition) is 1. The van der Waals surface area contributed by atoms with Crippen LogP contribution in [0, 0.1) is 47.3 Å². The van der Waals surface area contributed by atoms with Crippen LogP contribution in [0.1, 0.15) is 58.3 Å². The minimum Gasteiger partial charge on any atom is -0.385 e. The van der Waals surface area contributed by atoms with E-state index in [9.17, 15) is 9.90 Å². The molecule has 4 aliphatic rings. The van der Waals surface area contributed by atoms with Crippen LogP contribution in [0.5, 0.6) is 0 Å². The highest BCUT2D eigenvalue weighted by atomic mass is 16.3. The standard InChI is InChI=1S/C21H28O2/c1-3-14-6-8-18-16-7-5-13-11-19(22)20(23)12-17(13)15(16)9-10-21(14,18)4-2/h1,11,14-18,20,23H,4-10,12H2,2H3/t14-,15+,16-,17+,18+,20?,21-/m1/s1. The monoisotopic (exact) mass is 312 g/mol. The predicted molar refractivity (Wildman–Crippen MR) is 90.4 cm³/mol. The molecule has 1 unspecified atom stereocenters. The van der Waals surface area contributed by atoms with E-state index in [-0.39, 0.29) is 5.78 Å². The number of carbonyl (C=O) groups excluding carboxylic acids is 1. The van der Waals surface area contributed by atoms with Crippen molar-refractivity contribution in [3.8, 4) is 12.3 Å². The summed E-state index contributed by atoms with van der Waals surface area (Å²) < 4.78 is 0. The zero-order valence-corrected chi connectivity index (χ0v) is 14.1. The predicted octanol–water partition coefficient (Wildman–Crippen LogP) is 3.74. The third kappa shape index (κ3) is 2.09. The van der Waals surface area contributed by atoms with Crippen LogP contribution in [0.2, 0.25) is 0 Å². The molecule has 124 valence electrons. The lowest BCUT2D eigenvalue weighted by atomic mass is 9.50. The van der Waals surface area contributed by atoms with Gasteiger partial charge in [-0.15, -0.1) is 12.3 Å². The molecule has 0 amide bonds. The lowest BCUT2D eigenvalue weighted by Crippen LogP contribution is -2.48. The summed E-state index contributed by atoms with van der Waals surface area (Å²) >= 11 is 0. The molecule has 4 rings (SSSR count). The average molecular weight is 312 g/mol. The van der Waals surface area contributed by atoms with Gasteiger partial charge in [-0.05, 0) is 86.5 Å². The number of aliphatic hydroxyl groups is 1. The maximum atomic E-state index is 11.8. The lowest BCUT2D eigenvalue weighted by Gasteiger charge is -2.54. The average Bonchev–Trinajstić information content (AvgIpc) is 2.95. The number of ketones is 1. The minimum atomic E-state index is -0.762. The first-order valence-electron chi connectivity index (χ1n) is 9.49. The zero-order valence-electron chi connectivity index (χ0n) is 14.1. The summed E-state index contributed by atoms with van der Waals surface area (Å²) in [6.45, 7) is 2.33. The molecule has 0 heterocycles. The molecule has 3 fully saturated rings. The molecule has 0 spiro atoms. The van der Waals surface area contributed by atoms with Crippen molar-refractivity contribution in [3.63, 3.8) is 0 Å². The summed E-state index contributed by atoms with van der Waals surface area (Å²) in [5.41, 5.74) is 1.71. The van der Waals surface area contributed by atoms with E-state index in [2.05, 4.69) is 12.8 Å². The van der Waals surface area contributed by atoms with Gasteiger partial charge in [0, 0.05) is 5.92 Å². The van der Waals surface area contributed by atoms with Gasteiger partial charge in [-0.25, -0.2) is 0 Å². The maximum Gasteiger partial charge on any atom is 0.184 e. The van der Waals surface area contributed by atoms with Crippen LogP contribution in [0.3, 0.4) is 0 Å². The van der Waals surface area contributed by atoms with Crippen molar-refractivity contribution in [2.24, 2.45) is 35.0 Å². The van der Waals surface area contributed by atoms with E-state index in [0.717, 1.165) is 18.3 Å². The van der Waals surface area contributed by atoms with Gasteiger partial charge >= 0.3 is 0 Å². The third-order valence-electron chi connectivity index (χ3n) is 7.96. The Morgan fingerprint density at radius 3 is 2.87 bits per heavy atom. The number of terminal acetylenes is 1. The molecule has 1 N–H and O–H groups in total. The molecule has 4 aliphatic carbocycles.